The molecule has 2 aliphatic carbocycles. The molecule has 3 N–H and O–H groups in total. The van der Waals surface area contributed by atoms with Gasteiger partial charge in [-0.25, -0.2) is 13.5 Å². The lowest BCUT2D eigenvalue weighted by molar-refractivity contribution is -0.117. The number of primary amides is 1. The van der Waals surface area contributed by atoms with Crippen molar-refractivity contribution in [3.05, 3.63) is 88.3 Å². The fourth-order valence-corrected chi connectivity index (χ4v) is 5.65. The Labute approximate surface area is 196 Å². The maximum Gasteiger partial charge on any atom is 0.221 e. The molecule has 0 bridgehead atoms. The molecule has 0 radical (unpaired) electrons. The van der Waals surface area contributed by atoms with E-state index in [0.717, 1.165) is 28.9 Å². The molecule has 0 saturated heterocycles. The number of carbonyl (C=O) groups excluding carboxylic acids is 1. The van der Waals surface area contributed by atoms with Crippen LogP contribution in [0.5, 0.6) is 0 Å². The van der Waals surface area contributed by atoms with Crippen molar-refractivity contribution in [1.82, 2.24) is 9.78 Å². The number of nitrogens with zero attached hydrogens (tertiary/aromatic N) is 2. The predicted molar refractivity (Wildman–Crippen MR) is 125 cm³/mol. The molecule has 2 aromatic carbocycles. The summed E-state index contributed by atoms with van der Waals surface area (Å²) in [6.07, 6.45) is 6.83. The van der Waals surface area contributed by atoms with Crippen LogP contribution in [0.25, 0.3) is 11.8 Å². The molecule has 5 rings (SSSR count). The van der Waals surface area contributed by atoms with Gasteiger partial charge < -0.3 is 10.8 Å². The molecule has 1 amide bonds. The molecule has 3 aromatic rings. The van der Waals surface area contributed by atoms with Crippen LogP contribution in [0.2, 0.25) is 0 Å². The van der Waals surface area contributed by atoms with E-state index in [2.05, 4.69) is 18.1 Å². The molecule has 1 heterocycles. The summed E-state index contributed by atoms with van der Waals surface area (Å²) in [6, 6.07) is 10.6. The topological polar surface area (TPSA) is 81.1 Å². The molecule has 34 heavy (non-hydrogen) atoms. The van der Waals surface area contributed by atoms with Crippen LogP contribution in [-0.2, 0) is 24.1 Å². The first-order valence-electron chi connectivity index (χ1n) is 11.5. The molecular formula is C27H27F2N3O2. The van der Waals surface area contributed by atoms with Crippen molar-refractivity contribution < 1.29 is 18.7 Å². The predicted octanol–water partition coefficient (Wildman–Crippen LogP) is 4.28. The number of rotatable bonds is 6. The van der Waals surface area contributed by atoms with Gasteiger partial charge in [-0.2, -0.15) is 5.10 Å². The average Bonchev–Trinajstić information content (AvgIpc) is 3.30. The fraction of sp³-hybridized carbons (Fsp3) is 0.333. The Morgan fingerprint density at radius 1 is 1.15 bits per heavy atom. The number of amides is 1. The summed E-state index contributed by atoms with van der Waals surface area (Å²) in [6.45, 7) is 2.08. The van der Waals surface area contributed by atoms with Gasteiger partial charge in [0.05, 0.1) is 29.6 Å². The molecule has 1 saturated carbocycles. The van der Waals surface area contributed by atoms with Crippen molar-refractivity contribution >= 4 is 12.0 Å². The van der Waals surface area contributed by atoms with Gasteiger partial charge in [-0.1, -0.05) is 18.6 Å². The minimum atomic E-state index is -0.981. The first kappa shape index (κ1) is 22.5. The van der Waals surface area contributed by atoms with Crippen LogP contribution in [0, 0.1) is 17.0 Å². The SMILES string of the molecule is CC12Cc3cnn(-c4ccc(F)cc4)c3C=C1CC[C@]2(O)CCc1cc(F)ccc1CC(N)=O. The number of aromatic nitrogens is 2. The Morgan fingerprint density at radius 3 is 2.62 bits per heavy atom. The maximum atomic E-state index is 13.9. The molecule has 5 nitrogen and oxygen atoms in total. The largest absolute Gasteiger partial charge is 0.389 e. The lowest BCUT2D eigenvalue weighted by atomic mass is 9.65. The Hall–Kier alpha value is -3.32. The zero-order chi connectivity index (χ0) is 24.1. The average molecular weight is 464 g/mol. The van der Waals surface area contributed by atoms with Crippen LogP contribution in [0.15, 0.2) is 54.2 Å². The number of aryl methyl sites for hydroxylation is 1. The minimum Gasteiger partial charge on any atom is -0.389 e. The second-order valence-corrected chi connectivity index (χ2v) is 9.71. The van der Waals surface area contributed by atoms with Gasteiger partial charge in [-0.05, 0) is 91.3 Å². The Morgan fingerprint density at radius 2 is 1.88 bits per heavy atom. The number of halogens is 2. The van der Waals surface area contributed by atoms with Gasteiger partial charge in [0.1, 0.15) is 11.6 Å². The number of nitrogens with two attached hydrogens (primary N) is 1. The molecule has 2 aliphatic rings. The molecule has 176 valence electrons. The van der Waals surface area contributed by atoms with Crippen LogP contribution in [0.1, 0.15) is 48.6 Å². The van der Waals surface area contributed by atoms with Gasteiger partial charge in [0.25, 0.3) is 0 Å². The number of benzene rings is 2. The number of hydrogen-bond donors (Lipinski definition) is 2. The van der Waals surface area contributed by atoms with Gasteiger partial charge in [0.15, 0.2) is 0 Å². The van der Waals surface area contributed by atoms with E-state index in [1.54, 1.807) is 18.2 Å². The van der Waals surface area contributed by atoms with E-state index < -0.39 is 16.9 Å². The third kappa shape index (κ3) is 3.74. The van der Waals surface area contributed by atoms with E-state index in [9.17, 15) is 18.7 Å². The van der Waals surface area contributed by atoms with Crippen LogP contribution >= 0.6 is 0 Å². The van der Waals surface area contributed by atoms with Crippen molar-refractivity contribution in [3.63, 3.8) is 0 Å². The summed E-state index contributed by atoms with van der Waals surface area (Å²) in [5.41, 5.74) is 9.22. The van der Waals surface area contributed by atoms with Gasteiger partial charge in [0, 0.05) is 5.41 Å². The Kier molecular flexibility index (Phi) is 5.40. The summed E-state index contributed by atoms with van der Waals surface area (Å²) < 4.78 is 29.1. The molecule has 1 fully saturated rings. The minimum absolute atomic E-state index is 0.0440. The zero-order valence-corrected chi connectivity index (χ0v) is 19.0. The molecule has 0 spiro atoms. The van der Waals surface area contributed by atoms with Gasteiger partial charge in [0.2, 0.25) is 5.91 Å². The van der Waals surface area contributed by atoms with E-state index in [-0.39, 0.29) is 18.1 Å². The zero-order valence-electron chi connectivity index (χ0n) is 19.0. The fourth-order valence-electron chi connectivity index (χ4n) is 5.65. The molecular weight excluding hydrogens is 436 g/mol. The van der Waals surface area contributed by atoms with E-state index in [1.807, 2.05) is 10.9 Å². The van der Waals surface area contributed by atoms with Crippen molar-refractivity contribution in [2.45, 2.75) is 51.0 Å². The highest BCUT2D eigenvalue weighted by atomic mass is 19.1. The van der Waals surface area contributed by atoms with Crippen LogP contribution in [-0.4, -0.2) is 26.4 Å². The van der Waals surface area contributed by atoms with Crippen LogP contribution in [0.3, 0.4) is 0 Å². The summed E-state index contributed by atoms with van der Waals surface area (Å²) in [5, 5.41) is 16.4. The summed E-state index contributed by atoms with van der Waals surface area (Å²) in [7, 11) is 0. The summed E-state index contributed by atoms with van der Waals surface area (Å²) in [4.78, 5) is 11.5. The number of hydrogen-bond acceptors (Lipinski definition) is 3. The quantitative estimate of drug-likeness (QED) is 0.573. The normalized spacial score (nSPS) is 23.4. The van der Waals surface area contributed by atoms with E-state index in [4.69, 9.17) is 5.73 Å². The van der Waals surface area contributed by atoms with E-state index in [1.165, 1.54) is 24.3 Å². The first-order chi connectivity index (χ1) is 16.2. The Balaban J connectivity index is 1.42. The highest BCUT2D eigenvalue weighted by Gasteiger charge is 2.54. The monoisotopic (exact) mass is 463 g/mol. The first-order valence-corrected chi connectivity index (χ1v) is 11.5. The molecule has 7 heteroatoms. The van der Waals surface area contributed by atoms with Crippen molar-refractivity contribution in [2.24, 2.45) is 11.1 Å². The number of aliphatic hydroxyl groups is 1. The maximum absolute atomic E-state index is 13.9. The van der Waals surface area contributed by atoms with Crippen molar-refractivity contribution in [1.29, 1.82) is 0 Å². The summed E-state index contributed by atoms with van der Waals surface area (Å²) >= 11 is 0. The highest BCUT2D eigenvalue weighted by molar-refractivity contribution is 5.77. The summed E-state index contributed by atoms with van der Waals surface area (Å²) in [5.74, 6) is -1.14. The second-order valence-electron chi connectivity index (χ2n) is 9.71. The molecule has 2 atom stereocenters. The van der Waals surface area contributed by atoms with Crippen LogP contribution in [0.4, 0.5) is 8.78 Å². The molecule has 0 aliphatic heterocycles. The number of fused-ring (bicyclic) bond motifs is 2. The lowest BCUT2D eigenvalue weighted by Gasteiger charge is -2.42. The Bertz CT molecular complexity index is 1300. The number of carbonyl (C=O) groups is 1. The van der Waals surface area contributed by atoms with Crippen molar-refractivity contribution in [2.75, 3.05) is 0 Å². The molecule has 1 aromatic heterocycles. The van der Waals surface area contributed by atoms with Crippen LogP contribution < -0.4 is 5.73 Å². The van der Waals surface area contributed by atoms with E-state index >= 15 is 0 Å². The van der Waals surface area contributed by atoms with Crippen molar-refractivity contribution in [3.8, 4) is 5.69 Å². The lowest BCUT2D eigenvalue weighted by Crippen LogP contribution is -2.45. The third-order valence-corrected chi connectivity index (χ3v) is 7.70. The van der Waals surface area contributed by atoms with Gasteiger partial charge in [-0.15, -0.1) is 0 Å². The van der Waals surface area contributed by atoms with E-state index in [0.29, 0.717) is 36.8 Å². The second kappa shape index (κ2) is 8.17. The van der Waals surface area contributed by atoms with Gasteiger partial charge in [-0.3, -0.25) is 4.79 Å². The highest BCUT2D eigenvalue weighted by Crippen LogP contribution is 2.56. The standard InChI is InChI=1S/C27H27F2N3O2/c1-26-15-19-16-31-32(23-6-4-21(28)5-7-23)24(19)14-20(26)9-11-27(26,34)10-8-18-12-22(29)3-2-17(18)13-25(30)33/h2-7,12,14,16,34H,8-11,13,15H2,1H3,(H2,30,33)/t26?,27-/m1/s1. The third-order valence-electron chi connectivity index (χ3n) is 7.70. The smallest absolute Gasteiger partial charge is 0.221 e. The van der Waals surface area contributed by atoms with Gasteiger partial charge >= 0.3 is 0 Å². The molecule has 1 unspecified atom stereocenters.